The van der Waals surface area contributed by atoms with Crippen LogP contribution in [-0.4, -0.2) is 17.6 Å². The second kappa shape index (κ2) is 6.12. The predicted octanol–water partition coefficient (Wildman–Crippen LogP) is 3.14. The van der Waals surface area contributed by atoms with Gasteiger partial charge in [-0.1, -0.05) is 6.07 Å². The van der Waals surface area contributed by atoms with Gasteiger partial charge in [-0.25, -0.2) is 4.79 Å². The minimum absolute atomic E-state index is 0.322. The van der Waals surface area contributed by atoms with Crippen molar-refractivity contribution in [1.29, 1.82) is 0 Å². The Bertz CT molecular complexity index is 532. The number of aromatic nitrogens is 1. The number of hydrogen-bond donors (Lipinski definition) is 0. The fraction of sp³-hybridized carbons (Fsp3) is 0.143. The van der Waals surface area contributed by atoms with E-state index in [0.29, 0.717) is 6.61 Å². The lowest BCUT2D eigenvalue weighted by Crippen LogP contribution is -2.01. The fourth-order valence-electron chi connectivity index (χ4n) is 1.56. The monoisotopic (exact) mass is 259 g/mol. The summed E-state index contributed by atoms with van der Waals surface area (Å²) in [6.45, 7) is 2.17. The average Bonchev–Trinajstić information content (AvgIpc) is 2.91. The predicted molar refractivity (Wildman–Crippen MR) is 72.3 cm³/mol. The molecule has 3 nitrogen and oxygen atoms in total. The van der Waals surface area contributed by atoms with E-state index in [1.165, 1.54) is 6.08 Å². The number of carbonyl (C=O) groups excluding carboxylic acids is 1. The van der Waals surface area contributed by atoms with Crippen LogP contribution < -0.4 is 0 Å². The van der Waals surface area contributed by atoms with E-state index in [2.05, 4.69) is 4.98 Å². The molecule has 2 aromatic rings. The molecule has 0 amide bonds. The van der Waals surface area contributed by atoms with E-state index >= 15 is 0 Å². The van der Waals surface area contributed by atoms with Gasteiger partial charge in [-0.3, -0.25) is 4.98 Å². The molecule has 0 saturated carbocycles. The summed E-state index contributed by atoms with van der Waals surface area (Å²) in [6.07, 6.45) is 4.95. The number of esters is 1. The van der Waals surface area contributed by atoms with E-state index in [9.17, 15) is 4.79 Å². The number of thiophene rings is 1. The highest BCUT2D eigenvalue weighted by atomic mass is 32.1. The van der Waals surface area contributed by atoms with Crippen LogP contribution in [0.4, 0.5) is 0 Å². The first-order valence-electron chi connectivity index (χ1n) is 5.64. The third kappa shape index (κ3) is 3.05. The average molecular weight is 259 g/mol. The molecular formula is C14H13NO2S. The molecule has 4 heteroatoms. The summed E-state index contributed by atoms with van der Waals surface area (Å²) in [6, 6.07) is 7.70. The molecule has 0 aliphatic rings. The van der Waals surface area contributed by atoms with Crippen molar-refractivity contribution >= 4 is 22.9 Å². The Morgan fingerprint density at radius 3 is 2.78 bits per heavy atom. The molecule has 18 heavy (non-hydrogen) atoms. The summed E-state index contributed by atoms with van der Waals surface area (Å²) in [4.78, 5) is 16.6. The van der Waals surface area contributed by atoms with Crippen LogP contribution >= 0.6 is 11.3 Å². The van der Waals surface area contributed by atoms with Gasteiger partial charge in [0.05, 0.1) is 6.61 Å². The summed E-state index contributed by atoms with van der Waals surface area (Å²) in [7, 11) is 0. The normalized spacial score (nSPS) is 11.3. The molecule has 0 spiro atoms. The zero-order chi connectivity index (χ0) is 12.8. The Morgan fingerprint density at radius 1 is 1.39 bits per heavy atom. The molecule has 2 aromatic heterocycles. The Balaban J connectivity index is 2.39. The maximum absolute atomic E-state index is 11.6. The Labute approximate surface area is 110 Å². The molecule has 0 N–H and O–H groups in total. The molecule has 0 saturated heterocycles. The van der Waals surface area contributed by atoms with Gasteiger partial charge < -0.3 is 4.74 Å². The molecule has 2 rings (SSSR count). The smallest absolute Gasteiger partial charge is 0.331 e. The van der Waals surface area contributed by atoms with Crippen LogP contribution in [0.25, 0.3) is 5.57 Å². The van der Waals surface area contributed by atoms with E-state index in [1.54, 1.807) is 30.7 Å². The minimum atomic E-state index is -0.322. The minimum Gasteiger partial charge on any atom is -0.463 e. The standard InChI is InChI=1S/C14H13NO2S/c1-2-17-14(16)10-12(13-4-3-9-18-13)11-5-7-15-8-6-11/h3-10H,2H2,1H3/b12-10-. The topological polar surface area (TPSA) is 39.2 Å². The highest BCUT2D eigenvalue weighted by Crippen LogP contribution is 2.26. The zero-order valence-electron chi connectivity index (χ0n) is 10.00. The van der Waals surface area contributed by atoms with Crippen molar-refractivity contribution in [3.63, 3.8) is 0 Å². The third-order valence-electron chi connectivity index (χ3n) is 2.33. The number of pyridine rings is 1. The Kier molecular flexibility index (Phi) is 4.25. The maximum atomic E-state index is 11.6. The fourth-order valence-corrected chi connectivity index (χ4v) is 2.33. The summed E-state index contributed by atoms with van der Waals surface area (Å²) in [5, 5.41) is 1.98. The Morgan fingerprint density at radius 2 is 2.17 bits per heavy atom. The molecule has 92 valence electrons. The molecule has 0 aliphatic carbocycles. The molecular weight excluding hydrogens is 246 g/mol. The summed E-state index contributed by atoms with van der Waals surface area (Å²) < 4.78 is 4.97. The van der Waals surface area contributed by atoms with Crippen molar-refractivity contribution < 1.29 is 9.53 Å². The van der Waals surface area contributed by atoms with Crippen LogP contribution in [0.5, 0.6) is 0 Å². The third-order valence-corrected chi connectivity index (χ3v) is 3.23. The SMILES string of the molecule is CCOC(=O)/C=C(/c1ccncc1)c1cccs1. The van der Waals surface area contributed by atoms with Gasteiger partial charge >= 0.3 is 5.97 Å². The van der Waals surface area contributed by atoms with Crippen LogP contribution in [0.1, 0.15) is 17.4 Å². The van der Waals surface area contributed by atoms with Gasteiger partial charge in [-0.2, -0.15) is 0 Å². The summed E-state index contributed by atoms with van der Waals surface area (Å²) in [5.74, 6) is -0.322. The summed E-state index contributed by atoms with van der Waals surface area (Å²) >= 11 is 1.59. The van der Waals surface area contributed by atoms with E-state index < -0.39 is 0 Å². The Hall–Kier alpha value is -1.94. The number of carbonyl (C=O) groups is 1. The molecule has 0 unspecified atom stereocenters. The number of hydrogen-bond acceptors (Lipinski definition) is 4. The highest BCUT2D eigenvalue weighted by Gasteiger charge is 2.09. The molecule has 0 fully saturated rings. The van der Waals surface area contributed by atoms with Crippen molar-refractivity contribution in [1.82, 2.24) is 4.98 Å². The number of rotatable bonds is 4. The van der Waals surface area contributed by atoms with Gasteiger partial charge in [0.15, 0.2) is 0 Å². The lowest BCUT2D eigenvalue weighted by molar-refractivity contribution is -0.137. The van der Waals surface area contributed by atoms with E-state index in [-0.39, 0.29) is 5.97 Å². The number of nitrogens with zero attached hydrogens (tertiary/aromatic N) is 1. The van der Waals surface area contributed by atoms with Crippen molar-refractivity contribution in [3.8, 4) is 0 Å². The second-order valence-corrected chi connectivity index (χ2v) is 4.47. The summed E-state index contributed by atoms with van der Waals surface area (Å²) in [5.41, 5.74) is 1.83. The van der Waals surface area contributed by atoms with Gasteiger partial charge in [-0.05, 0) is 36.1 Å². The maximum Gasteiger partial charge on any atom is 0.331 e. The first kappa shape index (κ1) is 12.5. The molecule has 0 bridgehead atoms. The van der Waals surface area contributed by atoms with Crippen LogP contribution in [-0.2, 0) is 9.53 Å². The van der Waals surface area contributed by atoms with Crippen molar-refractivity contribution in [2.45, 2.75) is 6.92 Å². The van der Waals surface area contributed by atoms with Crippen molar-refractivity contribution in [3.05, 3.63) is 58.6 Å². The quantitative estimate of drug-likeness (QED) is 0.625. The van der Waals surface area contributed by atoms with Crippen LogP contribution in [0, 0.1) is 0 Å². The van der Waals surface area contributed by atoms with E-state index in [0.717, 1.165) is 16.0 Å². The van der Waals surface area contributed by atoms with Crippen LogP contribution in [0.15, 0.2) is 48.1 Å². The van der Waals surface area contributed by atoms with Crippen molar-refractivity contribution in [2.24, 2.45) is 0 Å². The molecule has 0 aromatic carbocycles. The number of ether oxygens (including phenoxy) is 1. The van der Waals surface area contributed by atoms with Gasteiger partial charge in [0.1, 0.15) is 0 Å². The molecule has 0 atom stereocenters. The van der Waals surface area contributed by atoms with Gasteiger partial charge in [0.25, 0.3) is 0 Å². The van der Waals surface area contributed by atoms with Gasteiger partial charge in [-0.15, -0.1) is 11.3 Å². The van der Waals surface area contributed by atoms with E-state index in [4.69, 9.17) is 4.74 Å². The molecule has 0 radical (unpaired) electrons. The van der Waals surface area contributed by atoms with Crippen molar-refractivity contribution in [2.75, 3.05) is 6.61 Å². The van der Waals surface area contributed by atoms with Gasteiger partial charge in [0.2, 0.25) is 0 Å². The lowest BCUT2D eigenvalue weighted by atomic mass is 10.1. The molecule has 0 aliphatic heterocycles. The second-order valence-electron chi connectivity index (χ2n) is 3.52. The largest absolute Gasteiger partial charge is 0.463 e. The van der Waals surface area contributed by atoms with E-state index in [1.807, 2.05) is 29.6 Å². The zero-order valence-corrected chi connectivity index (χ0v) is 10.8. The first-order valence-corrected chi connectivity index (χ1v) is 6.52. The highest BCUT2D eigenvalue weighted by molar-refractivity contribution is 7.11. The molecule has 2 heterocycles. The first-order chi connectivity index (χ1) is 8.81. The lowest BCUT2D eigenvalue weighted by Gasteiger charge is -2.05. The van der Waals surface area contributed by atoms with Crippen LogP contribution in [0.2, 0.25) is 0 Å². The van der Waals surface area contributed by atoms with Gasteiger partial charge in [0, 0.05) is 28.9 Å². The van der Waals surface area contributed by atoms with Crippen LogP contribution in [0.3, 0.4) is 0 Å².